The number of para-hydroxylation sites is 2. The molecular weight excluding hydrogens is 388 g/mol. The van der Waals surface area contributed by atoms with E-state index in [0.29, 0.717) is 13.1 Å². The summed E-state index contributed by atoms with van der Waals surface area (Å²) in [6.07, 6.45) is 2.58. The molecule has 2 amide bonds. The second-order valence-electron chi connectivity index (χ2n) is 7.76. The summed E-state index contributed by atoms with van der Waals surface area (Å²) in [4.78, 5) is 14.7. The lowest BCUT2D eigenvalue weighted by atomic mass is 10.1. The quantitative estimate of drug-likeness (QED) is 0.428. The van der Waals surface area contributed by atoms with Crippen molar-refractivity contribution in [3.8, 4) is 5.69 Å². The number of amides is 2. The minimum atomic E-state index is -0.103. The maximum absolute atomic E-state index is 12.9. The fourth-order valence-corrected chi connectivity index (χ4v) is 4.27. The number of nitrogens with one attached hydrogen (secondary N) is 1. The highest BCUT2D eigenvalue weighted by molar-refractivity contribution is 5.90. The van der Waals surface area contributed by atoms with Crippen molar-refractivity contribution in [3.05, 3.63) is 90.3 Å². The van der Waals surface area contributed by atoms with E-state index < -0.39 is 0 Å². The average molecular weight is 408 g/mol. The molecule has 3 aromatic carbocycles. The van der Waals surface area contributed by atoms with Crippen molar-refractivity contribution in [3.63, 3.8) is 0 Å². The number of furan rings is 1. The summed E-state index contributed by atoms with van der Waals surface area (Å²) >= 11 is 0. The molecular formula is C25H20N4O2. The first-order chi connectivity index (χ1) is 15.3. The van der Waals surface area contributed by atoms with E-state index in [-0.39, 0.29) is 6.03 Å². The van der Waals surface area contributed by atoms with E-state index in [2.05, 4.69) is 16.5 Å². The molecule has 6 rings (SSSR count). The Morgan fingerprint density at radius 2 is 1.77 bits per heavy atom. The van der Waals surface area contributed by atoms with Gasteiger partial charge in [0.1, 0.15) is 11.3 Å². The van der Waals surface area contributed by atoms with E-state index in [1.54, 1.807) is 0 Å². The third-order valence-corrected chi connectivity index (χ3v) is 5.87. The molecule has 0 unspecified atom stereocenters. The molecule has 5 aromatic rings. The van der Waals surface area contributed by atoms with E-state index in [9.17, 15) is 4.79 Å². The molecule has 0 fully saturated rings. The van der Waals surface area contributed by atoms with Gasteiger partial charge in [-0.15, -0.1) is 0 Å². The van der Waals surface area contributed by atoms with Crippen molar-refractivity contribution in [1.82, 2.24) is 14.7 Å². The number of anilines is 1. The summed E-state index contributed by atoms with van der Waals surface area (Å²) in [5.41, 5.74) is 4.75. The largest absolute Gasteiger partial charge is 0.461 e. The van der Waals surface area contributed by atoms with E-state index in [4.69, 9.17) is 4.42 Å². The van der Waals surface area contributed by atoms with Gasteiger partial charge in [-0.25, -0.2) is 9.48 Å². The summed E-state index contributed by atoms with van der Waals surface area (Å²) in [7, 11) is 0. The number of fused-ring (bicyclic) bond motifs is 4. The molecule has 3 heterocycles. The van der Waals surface area contributed by atoms with Gasteiger partial charge in [-0.3, -0.25) is 0 Å². The van der Waals surface area contributed by atoms with Crippen LogP contribution in [0.15, 0.2) is 83.4 Å². The van der Waals surface area contributed by atoms with Crippen LogP contribution in [-0.2, 0) is 13.0 Å². The smallest absolute Gasteiger partial charge is 0.322 e. The van der Waals surface area contributed by atoms with Gasteiger partial charge >= 0.3 is 6.03 Å². The number of carbonyl (C=O) groups is 1. The predicted octanol–water partition coefficient (Wildman–Crippen LogP) is 5.36. The molecule has 2 aromatic heterocycles. The van der Waals surface area contributed by atoms with Crippen LogP contribution >= 0.6 is 0 Å². The summed E-state index contributed by atoms with van der Waals surface area (Å²) in [5, 5.41) is 9.68. The number of rotatable bonds is 2. The number of carbonyl (C=O) groups excluding carboxylic acids is 1. The van der Waals surface area contributed by atoms with Gasteiger partial charge in [0.05, 0.1) is 23.9 Å². The molecule has 152 valence electrons. The van der Waals surface area contributed by atoms with E-state index >= 15 is 0 Å². The highest BCUT2D eigenvalue weighted by Gasteiger charge is 2.25. The molecule has 31 heavy (non-hydrogen) atoms. The molecule has 6 nitrogen and oxygen atoms in total. The normalized spacial score (nSPS) is 13.5. The Morgan fingerprint density at radius 1 is 0.968 bits per heavy atom. The van der Waals surface area contributed by atoms with E-state index in [1.807, 2.05) is 82.5 Å². The average Bonchev–Trinajstić information content (AvgIpc) is 3.41. The Kier molecular flexibility index (Phi) is 4.02. The zero-order valence-corrected chi connectivity index (χ0v) is 16.8. The van der Waals surface area contributed by atoms with Gasteiger partial charge in [0.15, 0.2) is 0 Å². The van der Waals surface area contributed by atoms with Crippen LogP contribution in [0.4, 0.5) is 10.5 Å². The molecule has 1 aliphatic rings. The number of nitrogens with zero attached hydrogens (tertiary/aromatic N) is 3. The Balaban J connectivity index is 1.20. The summed E-state index contributed by atoms with van der Waals surface area (Å²) in [6, 6.07) is 23.7. The summed E-state index contributed by atoms with van der Waals surface area (Å²) in [6.45, 7) is 1.19. The monoisotopic (exact) mass is 408 g/mol. The second-order valence-corrected chi connectivity index (χ2v) is 7.76. The fourth-order valence-electron chi connectivity index (χ4n) is 4.27. The van der Waals surface area contributed by atoms with Crippen LogP contribution in [0, 0.1) is 0 Å². The highest BCUT2D eigenvalue weighted by atomic mass is 16.3. The van der Waals surface area contributed by atoms with Gasteiger partial charge in [0.2, 0.25) is 0 Å². The number of aromatic nitrogens is 2. The topological polar surface area (TPSA) is 63.3 Å². The first-order valence-electron chi connectivity index (χ1n) is 10.3. The zero-order chi connectivity index (χ0) is 20.8. The van der Waals surface area contributed by atoms with Crippen molar-refractivity contribution >= 4 is 33.6 Å². The van der Waals surface area contributed by atoms with Gasteiger partial charge in [-0.1, -0.05) is 36.4 Å². The summed E-state index contributed by atoms with van der Waals surface area (Å²) in [5.74, 6) is 0.987. The highest BCUT2D eigenvalue weighted by Crippen LogP contribution is 2.30. The molecule has 0 saturated heterocycles. The summed E-state index contributed by atoms with van der Waals surface area (Å²) < 4.78 is 7.85. The van der Waals surface area contributed by atoms with Crippen LogP contribution in [0.3, 0.4) is 0 Å². The molecule has 0 saturated carbocycles. The number of hydrogen-bond donors (Lipinski definition) is 1. The third kappa shape index (κ3) is 3.04. The minimum Gasteiger partial charge on any atom is -0.461 e. The van der Waals surface area contributed by atoms with Crippen LogP contribution in [0.1, 0.15) is 11.3 Å². The molecule has 1 N–H and O–H groups in total. The fraction of sp³-hybridized carbons (Fsp3) is 0.120. The van der Waals surface area contributed by atoms with Gasteiger partial charge in [0, 0.05) is 35.0 Å². The van der Waals surface area contributed by atoms with Gasteiger partial charge < -0.3 is 14.6 Å². The molecule has 0 spiro atoms. The van der Waals surface area contributed by atoms with E-state index in [0.717, 1.165) is 51.0 Å². The maximum atomic E-state index is 12.9. The molecule has 0 radical (unpaired) electrons. The minimum absolute atomic E-state index is 0.103. The van der Waals surface area contributed by atoms with Crippen LogP contribution in [0.5, 0.6) is 0 Å². The molecule has 0 aliphatic carbocycles. The van der Waals surface area contributed by atoms with Crippen molar-refractivity contribution in [2.45, 2.75) is 13.0 Å². The van der Waals surface area contributed by atoms with Crippen molar-refractivity contribution in [2.24, 2.45) is 0 Å². The van der Waals surface area contributed by atoms with E-state index in [1.165, 1.54) is 0 Å². The first kappa shape index (κ1) is 17.8. The second kappa shape index (κ2) is 7.02. The lowest BCUT2D eigenvalue weighted by Crippen LogP contribution is -2.38. The van der Waals surface area contributed by atoms with Crippen LogP contribution in [0.2, 0.25) is 0 Å². The Hall–Kier alpha value is -4.06. The van der Waals surface area contributed by atoms with Gasteiger partial charge in [0.25, 0.3) is 0 Å². The predicted molar refractivity (Wildman–Crippen MR) is 120 cm³/mol. The number of benzene rings is 3. The third-order valence-electron chi connectivity index (χ3n) is 5.87. The Bertz CT molecular complexity index is 1410. The van der Waals surface area contributed by atoms with Crippen molar-refractivity contribution in [1.29, 1.82) is 0 Å². The lowest BCUT2D eigenvalue weighted by molar-refractivity contribution is 0.204. The molecule has 0 atom stereocenters. The first-order valence-corrected chi connectivity index (χ1v) is 10.3. The number of hydrogen-bond acceptors (Lipinski definition) is 3. The van der Waals surface area contributed by atoms with Crippen LogP contribution < -0.4 is 5.32 Å². The Morgan fingerprint density at radius 3 is 2.68 bits per heavy atom. The SMILES string of the molecule is O=C(Nc1ccc(-n2ncc3ccccc32)cc1)N1CCc2oc3ccccc3c2C1. The lowest BCUT2D eigenvalue weighted by Gasteiger charge is -2.26. The standard InChI is InChI=1S/C25H20N4O2/c30-25(28-14-13-24-21(16-28)20-6-2-4-8-23(20)31-24)27-18-9-11-19(12-10-18)29-22-7-3-1-5-17(22)15-26-29/h1-12,15H,13-14,16H2,(H,27,30). The van der Waals surface area contributed by atoms with Crippen LogP contribution in [-0.4, -0.2) is 27.3 Å². The zero-order valence-electron chi connectivity index (χ0n) is 16.8. The molecule has 6 heteroatoms. The maximum Gasteiger partial charge on any atom is 0.322 e. The van der Waals surface area contributed by atoms with Crippen molar-refractivity contribution < 1.29 is 9.21 Å². The van der Waals surface area contributed by atoms with Gasteiger partial charge in [-0.05, 0) is 36.4 Å². The Labute approximate surface area is 178 Å². The van der Waals surface area contributed by atoms with Gasteiger partial charge in [-0.2, -0.15) is 5.10 Å². The molecule has 1 aliphatic heterocycles. The van der Waals surface area contributed by atoms with Crippen LogP contribution in [0.25, 0.3) is 27.6 Å². The van der Waals surface area contributed by atoms with Crippen molar-refractivity contribution in [2.75, 3.05) is 11.9 Å². The molecule has 0 bridgehead atoms. The number of urea groups is 1.